The predicted molar refractivity (Wildman–Crippen MR) is 116 cm³/mol. The van der Waals surface area contributed by atoms with E-state index in [9.17, 15) is 19.1 Å². The number of aromatic amines is 1. The Balaban J connectivity index is 1.94. The molecule has 0 aliphatic carbocycles. The van der Waals surface area contributed by atoms with Crippen LogP contribution in [0.15, 0.2) is 53.5 Å². The van der Waals surface area contributed by atoms with Gasteiger partial charge < -0.3 is 20.3 Å². The van der Waals surface area contributed by atoms with Crippen LogP contribution in [-0.2, 0) is 0 Å². The first-order valence-corrected chi connectivity index (χ1v) is 9.96. The number of nitrogens with one attached hydrogen (secondary N) is 2. The summed E-state index contributed by atoms with van der Waals surface area (Å²) in [7, 11) is 0. The van der Waals surface area contributed by atoms with Crippen molar-refractivity contribution in [2.24, 2.45) is 0 Å². The van der Waals surface area contributed by atoms with Crippen molar-refractivity contribution in [3.8, 4) is 0 Å². The molecule has 0 radical (unpaired) electrons. The number of aromatic nitrogens is 1. The number of benzene rings is 2. The molecule has 8 heteroatoms. The van der Waals surface area contributed by atoms with Gasteiger partial charge in [-0.1, -0.05) is 29.8 Å². The summed E-state index contributed by atoms with van der Waals surface area (Å²) in [6.45, 7) is 3.77. The van der Waals surface area contributed by atoms with Crippen molar-refractivity contribution < 1.29 is 14.3 Å². The molecule has 3 N–H and O–H groups in total. The molecule has 1 heterocycles. The molecule has 3 rings (SSSR count). The maximum Gasteiger partial charge on any atom is 0.322 e. The smallest absolute Gasteiger partial charge is 0.322 e. The van der Waals surface area contributed by atoms with Crippen molar-refractivity contribution in [3.63, 3.8) is 0 Å². The molecule has 1 aromatic heterocycles. The van der Waals surface area contributed by atoms with Crippen molar-refractivity contribution in [1.29, 1.82) is 0 Å². The molecule has 2 amide bonds. The topological polar surface area (TPSA) is 85.4 Å². The second-order valence-corrected chi connectivity index (χ2v) is 7.59. The number of rotatable bonds is 6. The van der Waals surface area contributed by atoms with Crippen LogP contribution in [0.4, 0.5) is 14.9 Å². The largest absolute Gasteiger partial charge is 0.393 e. The Morgan fingerprint density at radius 3 is 2.60 bits per heavy atom. The van der Waals surface area contributed by atoms with Gasteiger partial charge in [-0.25, -0.2) is 9.18 Å². The molecule has 0 bridgehead atoms. The van der Waals surface area contributed by atoms with E-state index in [2.05, 4.69) is 10.3 Å². The van der Waals surface area contributed by atoms with E-state index in [0.29, 0.717) is 17.5 Å². The Kier molecular flexibility index (Phi) is 6.74. The number of amides is 2. The molecule has 0 aliphatic rings. The van der Waals surface area contributed by atoms with Crippen LogP contribution in [0.25, 0.3) is 10.8 Å². The number of carbonyl (C=O) groups is 1. The monoisotopic (exact) mass is 431 g/mol. The quantitative estimate of drug-likeness (QED) is 0.529. The summed E-state index contributed by atoms with van der Waals surface area (Å²) in [5, 5.41) is 13.6. The Hall–Kier alpha value is -2.90. The predicted octanol–water partition coefficient (Wildman–Crippen LogP) is 4.69. The number of hydrogen-bond donors (Lipinski definition) is 3. The van der Waals surface area contributed by atoms with Gasteiger partial charge in [-0.2, -0.15) is 0 Å². The normalized spacial score (nSPS) is 13.1. The molecule has 0 fully saturated rings. The van der Waals surface area contributed by atoms with Crippen LogP contribution in [0.5, 0.6) is 0 Å². The maximum atomic E-state index is 13.4. The SMILES string of the molecule is C[C@H](O)CCN(C(=O)Nc1ccc(F)c(Cl)c1)[C@H](C)c1c[nH]c(=O)c2ccccc12. The second kappa shape index (κ2) is 9.28. The number of halogens is 2. The Bertz CT molecular complexity index is 1120. The van der Waals surface area contributed by atoms with Gasteiger partial charge in [0.25, 0.3) is 5.56 Å². The lowest BCUT2D eigenvalue weighted by Crippen LogP contribution is -2.39. The van der Waals surface area contributed by atoms with Crippen LogP contribution in [0.1, 0.15) is 31.9 Å². The Morgan fingerprint density at radius 2 is 1.93 bits per heavy atom. The number of urea groups is 1. The van der Waals surface area contributed by atoms with Crippen LogP contribution in [0, 0.1) is 5.82 Å². The highest BCUT2D eigenvalue weighted by Crippen LogP contribution is 2.27. The van der Waals surface area contributed by atoms with Crippen molar-refractivity contribution in [2.45, 2.75) is 32.4 Å². The Labute approximate surface area is 178 Å². The van der Waals surface area contributed by atoms with Crippen LogP contribution < -0.4 is 10.9 Å². The minimum Gasteiger partial charge on any atom is -0.393 e. The van der Waals surface area contributed by atoms with Gasteiger partial charge in [-0.05, 0) is 55.5 Å². The third-order valence-electron chi connectivity index (χ3n) is 4.98. The summed E-state index contributed by atoms with van der Waals surface area (Å²) >= 11 is 5.81. The lowest BCUT2D eigenvalue weighted by atomic mass is 10.0. The molecule has 30 heavy (non-hydrogen) atoms. The summed E-state index contributed by atoms with van der Waals surface area (Å²) in [5.41, 5.74) is 0.914. The van der Waals surface area contributed by atoms with Crippen LogP contribution in [-0.4, -0.2) is 33.7 Å². The third kappa shape index (κ3) is 4.80. The van der Waals surface area contributed by atoms with Gasteiger partial charge in [0, 0.05) is 23.8 Å². The average molecular weight is 432 g/mol. The van der Waals surface area contributed by atoms with E-state index < -0.39 is 24.0 Å². The van der Waals surface area contributed by atoms with Gasteiger partial charge in [0.05, 0.1) is 17.2 Å². The summed E-state index contributed by atoms with van der Waals surface area (Å²) in [6, 6.07) is 10.3. The highest BCUT2D eigenvalue weighted by Gasteiger charge is 2.24. The van der Waals surface area contributed by atoms with Crippen molar-refractivity contribution in [2.75, 3.05) is 11.9 Å². The highest BCUT2D eigenvalue weighted by atomic mass is 35.5. The maximum absolute atomic E-state index is 13.4. The number of aliphatic hydroxyl groups excluding tert-OH is 1. The molecule has 6 nitrogen and oxygen atoms in total. The molecule has 0 spiro atoms. The molecule has 2 atom stereocenters. The molecule has 0 saturated heterocycles. The van der Waals surface area contributed by atoms with Crippen molar-refractivity contribution in [3.05, 3.63) is 75.4 Å². The van der Waals surface area contributed by atoms with E-state index in [1.165, 1.54) is 18.2 Å². The molecule has 2 aromatic carbocycles. The number of fused-ring (bicyclic) bond motifs is 1. The fourth-order valence-corrected chi connectivity index (χ4v) is 3.49. The van der Waals surface area contributed by atoms with Crippen LogP contribution in [0.2, 0.25) is 5.02 Å². The van der Waals surface area contributed by atoms with E-state index in [1.807, 2.05) is 19.1 Å². The Morgan fingerprint density at radius 1 is 1.23 bits per heavy atom. The number of pyridine rings is 1. The van der Waals surface area contributed by atoms with Gasteiger partial charge in [-0.15, -0.1) is 0 Å². The van der Waals surface area contributed by atoms with Crippen LogP contribution >= 0.6 is 11.6 Å². The van der Waals surface area contributed by atoms with E-state index >= 15 is 0 Å². The minimum absolute atomic E-state index is 0.0944. The molecular weight excluding hydrogens is 409 g/mol. The highest BCUT2D eigenvalue weighted by molar-refractivity contribution is 6.31. The number of carbonyl (C=O) groups excluding carboxylic acids is 1. The fraction of sp³-hybridized carbons (Fsp3) is 0.273. The molecule has 0 unspecified atom stereocenters. The van der Waals surface area contributed by atoms with E-state index in [0.717, 1.165) is 10.9 Å². The van der Waals surface area contributed by atoms with Gasteiger partial charge in [0.2, 0.25) is 0 Å². The van der Waals surface area contributed by atoms with Gasteiger partial charge in [-0.3, -0.25) is 4.79 Å². The van der Waals surface area contributed by atoms with Gasteiger partial charge in [0.1, 0.15) is 5.82 Å². The van der Waals surface area contributed by atoms with E-state index in [-0.39, 0.29) is 17.1 Å². The molecular formula is C22H23ClFN3O3. The number of hydrogen-bond acceptors (Lipinski definition) is 3. The third-order valence-corrected chi connectivity index (χ3v) is 5.27. The first-order chi connectivity index (χ1) is 14.3. The van der Waals surface area contributed by atoms with Crippen LogP contribution in [0.3, 0.4) is 0 Å². The molecule has 0 saturated carbocycles. The van der Waals surface area contributed by atoms with Gasteiger partial charge in [0.15, 0.2) is 0 Å². The zero-order chi connectivity index (χ0) is 21.8. The first kappa shape index (κ1) is 21.8. The van der Waals surface area contributed by atoms with E-state index in [1.54, 1.807) is 30.2 Å². The lowest BCUT2D eigenvalue weighted by molar-refractivity contribution is 0.149. The second-order valence-electron chi connectivity index (χ2n) is 7.18. The number of aliphatic hydroxyl groups is 1. The van der Waals surface area contributed by atoms with Crippen molar-refractivity contribution in [1.82, 2.24) is 9.88 Å². The summed E-state index contributed by atoms with van der Waals surface area (Å²) in [6.07, 6.45) is 1.37. The zero-order valence-corrected chi connectivity index (χ0v) is 17.4. The summed E-state index contributed by atoms with van der Waals surface area (Å²) in [5.74, 6) is -0.575. The molecule has 3 aromatic rings. The number of H-pyrrole nitrogens is 1. The molecule has 0 aliphatic heterocycles. The first-order valence-electron chi connectivity index (χ1n) is 9.59. The minimum atomic E-state index is -0.597. The number of nitrogens with zero attached hydrogens (tertiary/aromatic N) is 1. The average Bonchev–Trinajstić information content (AvgIpc) is 2.71. The van der Waals surface area contributed by atoms with E-state index in [4.69, 9.17) is 11.6 Å². The summed E-state index contributed by atoms with van der Waals surface area (Å²) < 4.78 is 13.4. The molecule has 158 valence electrons. The standard InChI is InChI=1S/C22H23ClFN3O3/c1-13(28)9-10-27(22(30)26-15-7-8-20(24)19(23)11-15)14(2)18-12-25-21(29)17-6-4-3-5-16(17)18/h3-8,11-14,28H,9-10H2,1-2H3,(H,25,29)(H,26,30)/t13-,14+/m0/s1. The lowest BCUT2D eigenvalue weighted by Gasteiger charge is -2.31. The number of anilines is 1. The van der Waals surface area contributed by atoms with Crippen molar-refractivity contribution >= 4 is 34.1 Å². The zero-order valence-electron chi connectivity index (χ0n) is 16.7. The fourth-order valence-electron chi connectivity index (χ4n) is 3.31. The van der Waals surface area contributed by atoms with Gasteiger partial charge >= 0.3 is 6.03 Å². The summed E-state index contributed by atoms with van der Waals surface area (Å²) in [4.78, 5) is 29.5.